The molecule has 0 unspecified atom stereocenters. The van der Waals surface area contributed by atoms with Crippen molar-refractivity contribution in [1.82, 2.24) is 9.88 Å². The van der Waals surface area contributed by atoms with Gasteiger partial charge in [0.15, 0.2) is 0 Å². The number of likely N-dealkylation sites (tertiary alicyclic amines) is 1. The number of nitrogens with one attached hydrogen (secondary N) is 1. The lowest BCUT2D eigenvalue weighted by Gasteiger charge is -2.34. The molecule has 3 heterocycles. The first-order valence-corrected chi connectivity index (χ1v) is 13.2. The van der Waals surface area contributed by atoms with Crippen LogP contribution in [-0.2, 0) is 17.4 Å². The summed E-state index contributed by atoms with van der Waals surface area (Å²) < 4.78 is 38.1. The van der Waals surface area contributed by atoms with Gasteiger partial charge in [0.1, 0.15) is 5.82 Å². The van der Waals surface area contributed by atoms with Crippen LogP contribution in [0.2, 0.25) is 0 Å². The average Bonchev–Trinajstić information content (AvgIpc) is 2.89. The predicted octanol–water partition coefficient (Wildman–Crippen LogP) is 6.15. The highest BCUT2D eigenvalue weighted by Gasteiger charge is 2.31. The van der Waals surface area contributed by atoms with Crippen molar-refractivity contribution in [1.29, 1.82) is 0 Å². The molecule has 8 heteroatoms. The van der Waals surface area contributed by atoms with Crippen LogP contribution in [0.15, 0.2) is 42.6 Å². The maximum atomic E-state index is 12.7. The molecule has 4 rings (SSSR count). The van der Waals surface area contributed by atoms with E-state index >= 15 is 0 Å². The molecule has 2 saturated heterocycles. The second kappa shape index (κ2) is 12.0. The van der Waals surface area contributed by atoms with E-state index in [-0.39, 0.29) is 11.9 Å². The molecule has 0 bridgehead atoms. The minimum absolute atomic E-state index is 0.113. The van der Waals surface area contributed by atoms with Crippen molar-refractivity contribution in [3.8, 4) is 0 Å². The lowest BCUT2D eigenvalue weighted by atomic mass is 9.91. The number of aromatic nitrogens is 1. The molecule has 1 amide bonds. The number of aryl methyl sites for hydroxylation is 1. The van der Waals surface area contributed by atoms with Crippen molar-refractivity contribution in [2.24, 2.45) is 5.92 Å². The lowest BCUT2D eigenvalue weighted by molar-refractivity contribution is -0.137. The normalized spacial score (nSPS) is 17.9. The summed E-state index contributed by atoms with van der Waals surface area (Å²) in [7, 11) is 0. The van der Waals surface area contributed by atoms with E-state index < -0.39 is 11.7 Å². The van der Waals surface area contributed by atoms with Gasteiger partial charge < -0.3 is 15.1 Å². The van der Waals surface area contributed by atoms with Crippen molar-refractivity contribution in [2.75, 3.05) is 36.4 Å². The Kier molecular flexibility index (Phi) is 8.75. The molecule has 5 nitrogen and oxygen atoms in total. The van der Waals surface area contributed by atoms with E-state index in [1.165, 1.54) is 30.2 Å². The number of alkyl halides is 3. The van der Waals surface area contributed by atoms with E-state index in [0.29, 0.717) is 31.2 Å². The molecule has 0 radical (unpaired) electrons. The molecule has 0 spiro atoms. The molecule has 196 valence electrons. The zero-order valence-electron chi connectivity index (χ0n) is 21.1. The molecular weight excluding hydrogens is 465 g/mol. The molecule has 0 atom stereocenters. The number of anilines is 2. The van der Waals surface area contributed by atoms with Crippen LogP contribution in [0.1, 0.15) is 63.0 Å². The first-order chi connectivity index (χ1) is 17.3. The SMILES string of the molecule is CCc1ccc(N2CCC(CCCC(=O)N3CCC(Nc4ccc(C(F)(F)F)cn4)CC3)CC2)cc1. The molecule has 1 aromatic heterocycles. The fourth-order valence-corrected chi connectivity index (χ4v) is 5.25. The third kappa shape index (κ3) is 7.14. The van der Waals surface area contributed by atoms with Gasteiger partial charge in [-0.3, -0.25) is 4.79 Å². The standard InChI is InChI=1S/C28H37F3N4O/c1-2-21-6-9-25(10-7-21)34-16-12-22(13-17-34)4-3-5-27(36)35-18-14-24(15-19-35)33-26-11-8-23(20-32-26)28(29,30)31/h6-11,20,22,24H,2-5,12-19H2,1H3,(H,32,33). The molecule has 1 aromatic carbocycles. The largest absolute Gasteiger partial charge is 0.417 e. The minimum Gasteiger partial charge on any atom is -0.372 e. The van der Waals surface area contributed by atoms with Gasteiger partial charge in [-0.05, 0) is 80.7 Å². The Labute approximate surface area is 212 Å². The highest BCUT2D eigenvalue weighted by atomic mass is 19.4. The maximum absolute atomic E-state index is 12.7. The number of carbonyl (C=O) groups is 1. The van der Waals surface area contributed by atoms with E-state index in [1.807, 2.05) is 4.90 Å². The Bertz CT molecular complexity index is 962. The lowest BCUT2D eigenvalue weighted by Crippen LogP contribution is -2.42. The summed E-state index contributed by atoms with van der Waals surface area (Å²) in [6.45, 7) is 5.69. The Morgan fingerprint density at radius 3 is 2.28 bits per heavy atom. The molecule has 0 aliphatic carbocycles. The van der Waals surface area contributed by atoms with Crippen LogP contribution in [0.3, 0.4) is 0 Å². The summed E-state index contributed by atoms with van der Waals surface area (Å²) in [5, 5.41) is 3.21. The second-order valence-electron chi connectivity index (χ2n) is 10.1. The van der Waals surface area contributed by atoms with E-state index in [9.17, 15) is 18.0 Å². The van der Waals surface area contributed by atoms with Gasteiger partial charge in [-0.15, -0.1) is 0 Å². The van der Waals surface area contributed by atoms with Crippen LogP contribution in [0.5, 0.6) is 0 Å². The molecule has 0 saturated carbocycles. The number of halogens is 3. The van der Waals surface area contributed by atoms with Gasteiger partial charge in [-0.2, -0.15) is 13.2 Å². The monoisotopic (exact) mass is 502 g/mol. The number of carbonyl (C=O) groups excluding carboxylic acids is 1. The Morgan fingerprint density at radius 1 is 1.00 bits per heavy atom. The van der Waals surface area contributed by atoms with Crippen molar-refractivity contribution >= 4 is 17.4 Å². The van der Waals surface area contributed by atoms with E-state index in [1.54, 1.807) is 0 Å². The number of hydrogen-bond acceptors (Lipinski definition) is 4. The van der Waals surface area contributed by atoms with Crippen LogP contribution in [-0.4, -0.2) is 48.0 Å². The summed E-state index contributed by atoms with van der Waals surface area (Å²) in [5.74, 6) is 1.35. The minimum atomic E-state index is -4.38. The van der Waals surface area contributed by atoms with Crippen LogP contribution in [0.4, 0.5) is 24.7 Å². The number of benzene rings is 1. The molecule has 1 N–H and O–H groups in total. The Balaban J connectivity index is 1.11. The third-order valence-electron chi connectivity index (χ3n) is 7.62. The van der Waals surface area contributed by atoms with Crippen LogP contribution in [0, 0.1) is 5.92 Å². The topological polar surface area (TPSA) is 48.5 Å². The zero-order valence-corrected chi connectivity index (χ0v) is 21.1. The van der Waals surface area contributed by atoms with Crippen LogP contribution in [0.25, 0.3) is 0 Å². The van der Waals surface area contributed by atoms with Crippen molar-refractivity contribution in [3.63, 3.8) is 0 Å². The first kappa shape index (κ1) is 26.3. The van der Waals surface area contributed by atoms with Crippen molar-refractivity contribution in [3.05, 3.63) is 53.7 Å². The first-order valence-electron chi connectivity index (χ1n) is 13.2. The molecular formula is C28H37F3N4O. The smallest absolute Gasteiger partial charge is 0.372 e. The van der Waals surface area contributed by atoms with Gasteiger partial charge in [0.2, 0.25) is 5.91 Å². The number of pyridine rings is 1. The number of hydrogen-bond donors (Lipinski definition) is 1. The predicted molar refractivity (Wildman–Crippen MR) is 137 cm³/mol. The average molecular weight is 503 g/mol. The maximum Gasteiger partial charge on any atom is 0.417 e. The summed E-state index contributed by atoms with van der Waals surface area (Å²) in [6, 6.07) is 11.4. The van der Waals surface area contributed by atoms with E-state index in [2.05, 4.69) is 46.4 Å². The van der Waals surface area contributed by atoms with Gasteiger partial charge in [0.25, 0.3) is 0 Å². The molecule has 2 aliphatic rings. The van der Waals surface area contributed by atoms with Crippen LogP contribution >= 0.6 is 0 Å². The molecule has 36 heavy (non-hydrogen) atoms. The Hall–Kier alpha value is -2.77. The highest BCUT2D eigenvalue weighted by Crippen LogP contribution is 2.30. The van der Waals surface area contributed by atoms with E-state index in [0.717, 1.165) is 57.5 Å². The molecule has 2 fully saturated rings. The van der Waals surface area contributed by atoms with Crippen molar-refractivity contribution < 1.29 is 18.0 Å². The summed E-state index contributed by atoms with van der Waals surface area (Å²) in [6.07, 6.45) is 4.07. The zero-order chi connectivity index (χ0) is 25.5. The summed E-state index contributed by atoms with van der Waals surface area (Å²) in [4.78, 5) is 21.0. The summed E-state index contributed by atoms with van der Waals surface area (Å²) >= 11 is 0. The Morgan fingerprint density at radius 2 is 1.69 bits per heavy atom. The fraction of sp³-hybridized carbons (Fsp3) is 0.571. The number of piperidine rings is 2. The van der Waals surface area contributed by atoms with Gasteiger partial charge >= 0.3 is 6.18 Å². The van der Waals surface area contributed by atoms with Gasteiger partial charge in [0.05, 0.1) is 5.56 Å². The third-order valence-corrected chi connectivity index (χ3v) is 7.62. The highest BCUT2D eigenvalue weighted by molar-refractivity contribution is 5.76. The molecule has 2 aliphatic heterocycles. The van der Waals surface area contributed by atoms with Gasteiger partial charge in [0, 0.05) is 50.5 Å². The number of rotatable bonds is 8. The summed E-state index contributed by atoms with van der Waals surface area (Å²) in [5.41, 5.74) is 1.93. The van der Waals surface area contributed by atoms with E-state index in [4.69, 9.17) is 0 Å². The number of nitrogens with zero attached hydrogens (tertiary/aromatic N) is 3. The quantitative estimate of drug-likeness (QED) is 0.470. The number of amides is 1. The second-order valence-corrected chi connectivity index (χ2v) is 10.1. The van der Waals surface area contributed by atoms with Gasteiger partial charge in [-0.25, -0.2) is 4.98 Å². The fourth-order valence-electron chi connectivity index (χ4n) is 5.25. The van der Waals surface area contributed by atoms with Gasteiger partial charge in [-0.1, -0.05) is 19.1 Å². The molecule has 2 aromatic rings. The van der Waals surface area contributed by atoms with Crippen molar-refractivity contribution in [2.45, 2.75) is 70.5 Å². The van der Waals surface area contributed by atoms with Crippen LogP contribution < -0.4 is 10.2 Å².